The number of aryl methyl sites for hydroxylation is 1. The van der Waals surface area contributed by atoms with Gasteiger partial charge in [0.05, 0.1) is 57.6 Å². The molecule has 0 saturated heterocycles. The smallest absolute Gasteiger partial charge is 0.416 e. The van der Waals surface area contributed by atoms with Gasteiger partial charge in [0, 0.05) is 17.8 Å². The minimum atomic E-state index is -4.61. The van der Waals surface area contributed by atoms with Gasteiger partial charge in [-0.2, -0.15) is 18.4 Å². The number of nitriles is 1. The van der Waals surface area contributed by atoms with Crippen molar-refractivity contribution in [3.05, 3.63) is 86.5 Å². The number of methoxy groups -OCH3 is 1. The van der Waals surface area contributed by atoms with E-state index >= 15 is 0 Å². The highest BCUT2D eigenvalue weighted by atomic mass is 19.4. The van der Waals surface area contributed by atoms with Gasteiger partial charge in [-0.1, -0.05) is 12.1 Å². The lowest BCUT2D eigenvalue weighted by Crippen LogP contribution is -2.38. The Bertz CT molecular complexity index is 1570. The van der Waals surface area contributed by atoms with Crippen molar-refractivity contribution in [2.45, 2.75) is 32.0 Å². The number of hydrogen-bond acceptors (Lipinski definition) is 6. The van der Waals surface area contributed by atoms with Gasteiger partial charge in [0.25, 0.3) is 0 Å². The number of nitrogens with zero attached hydrogens (tertiary/aromatic N) is 5. The van der Waals surface area contributed by atoms with Crippen LogP contribution in [0.5, 0.6) is 0 Å². The highest BCUT2D eigenvalue weighted by Crippen LogP contribution is 2.43. The van der Waals surface area contributed by atoms with Crippen LogP contribution in [0.1, 0.15) is 41.6 Å². The number of rotatable bonds is 7. The standard InChI is InChI=1S/C28H29F3N6O3/c1-17-23(25(38)40-5)24(22-12-11-18(16-32)14-19(22)8-7-13-37(2,3)4)36-26(33-34-27(36)39)35(17)21-10-6-9-20(15-21)28(29,30)31/h6,9-12,14-15,24H,7-8,13H2,1-5H3/p+1/t24-/m1/s1. The minimum absolute atomic E-state index is 0.0149. The van der Waals surface area contributed by atoms with Crippen molar-refractivity contribution >= 4 is 17.6 Å². The summed E-state index contributed by atoms with van der Waals surface area (Å²) < 4.78 is 47.7. The Morgan fingerprint density at radius 3 is 2.55 bits per heavy atom. The van der Waals surface area contributed by atoms with Gasteiger partial charge in [0.15, 0.2) is 0 Å². The van der Waals surface area contributed by atoms with Crippen molar-refractivity contribution in [3.8, 4) is 6.07 Å². The number of halogens is 3. The molecule has 1 aromatic heterocycles. The Morgan fingerprint density at radius 2 is 1.93 bits per heavy atom. The second-order valence-electron chi connectivity index (χ2n) is 10.6. The van der Waals surface area contributed by atoms with Gasteiger partial charge >= 0.3 is 17.8 Å². The first-order valence-corrected chi connectivity index (χ1v) is 12.5. The molecule has 2 aromatic carbocycles. The maximum absolute atomic E-state index is 13.6. The van der Waals surface area contributed by atoms with Crippen LogP contribution in [0.15, 0.2) is 58.5 Å². The van der Waals surface area contributed by atoms with E-state index < -0.39 is 29.4 Å². The van der Waals surface area contributed by atoms with Crippen LogP contribution in [0, 0.1) is 11.3 Å². The topological polar surface area (TPSA) is 104 Å². The molecule has 0 saturated carbocycles. The number of aromatic nitrogens is 3. The molecule has 3 aromatic rings. The van der Waals surface area contributed by atoms with Gasteiger partial charge in [0.1, 0.15) is 6.04 Å². The predicted octanol–water partition coefficient (Wildman–Crippen LogP) is 4.29. The number of carbonyl (C=O) groups is 1. The molecular formula is C28H30F3N6O3+. The van der Waals surface area contributed by atoms with E-state index in [1.54, 1.807) is 25.1 Å². The van der Waals surface area contributed by atoms with Gasteiger partial charge in [0.2, 0.25) is 5.95 Å². The van der Waals surface area contributed by atoms with E-state index in [1.165, 1.54) is 28.7 Å². The Balaban J connectivity index is 1.96. The molecule has 40 heavy (non-hydrogen) atoms. The van der Waals surface area contributed by atoms with Gasteiger partial charge in [-0.15, -0.1) is 5.10 Å². The SMILES string of the molecule is COC(=O)C1=C(C)N(c2cccc(C(F)(F)F)c2)c2n[nH]c(=O)n2[C@@H]1c1ccc(C#N)cc1CCC[N+](C)(C)C. The summed E-state index contributed by atoms with van der Waals surface area (Å²) in [7, 11) is 7.39. The van der Waals surface area contributed by atoms with Crippen LogP contribution in [0.3, 0.4) is 0 Å². The fourth-order valence-corrected chi connectivity index (χ4v) is 4.98. The molecule has 210 valence electrons. The molecule has 1 atom stereocenters. The fourth-order valence-electron chi connectivity index (χ4n) is 4.98. The van der Waals surface area contributed by atoms with Crippen molar-refractivity contribution in [1.82, 2.24) is 14.8 Å². The van der Waals surface area contributed by atoms with E-state index in [1.807, 2.05) is 0 Å². The number of carbonyl (C=O) groups excluding carboxylic acids is 1. The molecule has 0 radical (unpaired) electrons. The summed E-state index contributed by atoms with van der Waals surface area (Å²) in [5.41, 5.74) is 0.605. The highest BCUT2D eigenvalue weighted by molar-refractivity contribution is 5.93. The Kier molecular flexibility index (Phi) is 7.63. The number of esters is 1. The molecule has 0 unspecified atom stereocenters. The van der Waals surface area contributed by atoms with Crippen LogP contribution < -0.4 is 10.6 Å². The summed E-state index contributed by atoms with van der Waals surface area (Å²) in [6.07, 6.45) is -3.28. The maximum atomic E-state index is 13.6. The number of H-pyrrole nitrogens is 1. The number of nitrogens with one attached hydrogen (secondary N) is 1. The quantitative estimate of drug-likeness (QED) is 0.345. The zero-order chi connectivity index (χ0) is 29.4. The minimum Gasteiger partial charge on any atom is -0.466 e. The second kappa shape index (κ2) is 10.7. The van der Waals surface area contributed by atoms with Crippen molar-refractivity contribution in [3.63, 3.8) is 0 Å². The number of alkyl halides is 3. The summed E-state index contributed by atoms with van der Waals surface area (Å²) in [5.74, 6) is -0.735. The predicted molar refractivity (Wildman–Crippen MR) is 142 cm³/mol. The molecule has 12 heteroatoms. The van der Waals surface area contributed by atoms with Gasteiger partial charge < -0.3 is 9.22 Å². The monoisotopic (exact) mass is 555 g/mol. The molecule has 0 spiro atoms. The van der Waals surface area contributed by atoms with Crippen molar-refractivity contribution in [1.29, 1.82) is 5.26 Å². The zero-order valence-corrected chi connectivity index (χ0v) is 22.8. The number of ether oxygens (including phenoxy) is 1. The first-order valence-electron chi connectivity index (χ1n) is 12.5. The molecule has 0 amide bonds. The number of hydrogen-bond donors (Lipinski definition) is 1. The summed E-state index contributed by atoms with van der Waals surface area (Å²) in [6, 6.07) is 10.7. The van der Waals surface area contributed by atoms with Gasteiger partial charge in [-0.05, 0) is 54.8 Å². The molecule has 1 aliphatic heterocycles. The summed E-state index contributed by atoms with van der Waals surface area (Å²) in [4.78, 5) is 27.8. The Hall–Kier alpha value is -4.37. The molecule has 0 fully saturated rings. The number of anilines is 2. The average molecular weight is 556 g/mol. The lowest BCUT2D eigenvalue weighted by atomic mass is 9.88. The largest absolute Gasteiger partial charge is 0.466 e. The average Bonchev–Trinajstić information content (AvgIpc) is 3.27. The van der Waals surface area contributed by atoms with Crippen LogP contribution >= 0.6 is 0 Å². The van der Waals surface area contributed by atoms with Crippen LogP contribution in [0.25, 0.3) is 0 Å². The molecule has 2 heterocycles. The summed E-state index contributed by atoms with van der Waals surface area (Å²) in [6.45, 7) is 2.41. The molecule has 0 aliphatic carbocycles. The third-order valence-electron chi connectivity index (χ3n) is 6.82. The number of allylic oxidation sites excluding steroid dienone is 1. The lowest BCUT2D eigenvalue weighted by molar-refractivity contribution is -0.870. The molecular weight excluding hydrogens is 525 g/mol. The van der Waals surface area contributed by atoms with Gasteiger partial charge in [-0.25, -0.2) is 19.3 Å². The highest BCUT2D eigenvalue weighted by Gasteiger charge is 2.41. The van der Waals surface area contributed by atoms with Crippen molar-refractivity contribution < 1.29 is 27.2 Å². The Labute approximate surface area is 229 Å². The van der Waals surface area contributed by atoms with E-state index in [2.05, 4.69) is 37.4 Å². The lowest BCUT2D eigenvalue weighted by Gasteiger charge is -2.36. The maximum Gasteiger partial charge on any atom is 0.416 e. The van der Waals surface area contributed by atoms with Crippen LogP contribution in [0.4, 0.5) is 24.8 Å². The molecule has 0 bridgehead atoms. The number of quaternary nitrogens is 1. The summed E-state index contributed by atoms with van der Waals surface area (Å²) in [5, 5.41) is 16.1. The fraction of sp³-hybridized carbons (Fsp3) is 0.357. The molecule has 1 N–H and O–H groups in total. The number of aromatic amines is 1. The van der Waals surface area contributed by atoms with Crippen molar-refractivity contribution in [2.24, 2.45) is 0 Å². The van der Waals surface area contributed by atoms with Crippen LogP contribution in [-0.2, 0) is 22.1 Å². The number of fused-ring (bicyclic) bond motifs is 1. The number of benzene rings is 2. The molecule has 4 rings (SSSR count). The zero-order valence-electron chi connectivity index (χ0n) is 22.8. The van der Waals surface area contributed by atoms with E-state index in [-0.39, 0.29) is 22.9 Å². The van der Waals surface area contributed by atoms with Crippen molar-refractivity contribution in [2.75, 3.05) is 39.7 Å². The first kappa shape index (κ1) is 28.6. The van der Waals surface area contributed by atoms with E-state index in [4.69, 9.17) is 4.74 Å². The van der Waals surface area contributed by atoms with E-state index in [0.717, 1.165) is 35.1 Å². The summed E-state index contributed by atoms with van der Waals surface area (Å²) >= 11 is 0. The third-order valence-corrected chi connectivity index (χ3v) is 6.82. The second-order valence-corrected chi connectivity index (χ2v) is 10.6. The van der Waals surface area contributed by atoms with Gasteiger partial charge in [-0.3, -0.25) is 4.90 Å². The van der Waals surface area contributed by atoms with Crippen LogP contribution in [-0.4, -0.2) is 60.0 Å². The third kappa shape index (κ3) is 5.51. The first-order chi connectivity index (χ1) is 18.8. The molecule has 9 nitrogen and oxygen atoms in total. The van der Waals surface area contributed by atoms with E-state index in [9.17, 15) is 28.0 Å². The van der Waals surface area contributed by atoms with E-state index in [0.29, 0.717) is 17.5 Å². The Morgan fingerprint density at radius 1 is 1.20 bits per heavy atom. The molecule has 1 aliphatic rings. The normalized spacial score (nSPS) is 15.6. The van der Waals surface area contributed by atoms with Crippen LogP contribution in [0.2, 0.25) is 0 Å².